The highest BCUT2D eigenvalue weighted by molar-refractivity contribution is 9.10. The molecule has 1 atom stereocenters. The fourth-order valence-electron chi connectivity index (χ4n) is 1.66. The lowest BCUT2D eigenvalue weighted by Crippen LogP contribution is -2.05. The van der Waals surface area contributed by atoms with Crippen molar-refractivity contribution in [2.75, 3.05) is 0 Å². The summed E-state index contributed by atoms with van der Waals surface area (Å²) >= 11 is 9.32. The first-order valence-corrected chi connectivity index (χ1v) is 6.82. The molecule has 2 aromatic carbocycles. The summed E-state index contributed by atoms with van der Waals surface area (Å²) in [7, 11) is 0. The molecule has 0 bridgehead atoms. The van der Waals surface area contributed by atoms with Crippen LogP contribution in [0.3, 0.4) is 0 Å². The Balaban J connectivity index is 2.26. The van der Waals surface area contributed by atoms with E-state index in [4.69, 9.17) is 22.1 Å². The minimum absolute atomic E-state index is 0.148. The Hall–Kier alpha value is -1.10. The van der Waals surface area contributed by atoms with Gasteiger partial charge >= 0.3 is 0 Å². The van der Waals surface area contributed by atoms with E-state index in [-0.39, 0.29) is 11.9 Å². The number of hydrogen-bond acceptors (Lipinski definition) is 2. The van der Waals surface area contributed by atoms with Gasteiger partial charge in [-0.2, -0.15) is 0 Å². The molecule has 100 valence electrons. The summed E-state index contributed by atoms with van der Waals surface area (Å²) in [5.41, 5.74) is 6.62. The van der Waals surface area contributed by atoms with E-state index in [0.29, 0.717) is 21.0 Å². The molecule has 19 heavy (non-hydrogen) atoms. The molecule has 0 aromatic heterocycles. The molecule has 5 heteroatoms. The van der Waals surface area contributed by atoms with Gasteiger partial charge in [-0.15, -0.1) is 0 Å². The van der Waals surface area contributed by atoms with Crippen LogP contribution in [0.2, 0.25) is 5.02 Å². The lowest BCUT2D eigenvalue weighted by atomic mass is 10.1. The number of rotatable bonds is 3. The molecule has 0 spiro atoms. The Kier molecular flexibility index (Phi) is 4.45. The lowest BCUT2D eigenvalue weighted by Gasteiger charge is -2.11. The molecule has 2 N–H and O–H groups in total. The number of halogens is 3. The fraction of sp³-hybridized carbons (Fsp3) is 0.143. The van der Waals surface area contributed by atoms with E-state index in [0.717, 1.165) is 5.56 Å². The molecule has 0 amide bonds. The maximum absolute atomic E-state index is 13.2. The van der Waals surface area contributed by atoms with Crippen molar-refractivity contribution in [3.8, 4) is 11.5 Å². The molecule has 0 aliphatic rings. The summed E-state index contributed by atoms with van der Waals surface area (Å²) in [6.07, 6.45) is 0. The molecule has 2 rings (SSSR count). The van der Waals surface area contributed by atoms with Gasteiger partial charge in [0.15, 0.2) is 0 Å². The maximum atomic E-state index is 13.2. The Morgan fingerprint density at radius 1 is 1.21 bits per heavy atom. The molecular formula is C14H12BrClFNO. The highest BCUT2D eigenvalue weighted by Crippen LogP contribution is 2.30. The monoisotopic (exact) mass is 343 g/mol. The molecule has 0 aliphatic carbocycles. The predicted octanol–water partition coefficient (Wildman–Crippen LogP) is 5.05. The second-order valence-electron chi connectivity index (χ2n) is 4.18. The van der Waals surface area contributed by atoms with E-state index in [2.05, 4.69) is 15.9 Å². The minimum atomic E-state index is -0.373. The van der Waals surface area contributed by atoms with Gasteiger partial charge < -0.3 is 10.5 Å². The van der Waals surface area contributed by atoms with E-state index in [1.807, 2.05) is 6.92 Å². The zero-order chi connectivity index (χ0) is 14.0. The van der Waals surface area contributed by atoms with E-state index in [1.165, 1.54) is 12.1 Å². The molecule has 0 saturated carbocycles. The van der Waals surface area contributed by atoms with E-state index >= 15 is 0 Å². The first-order chi connectivity index (χ1) is 8.95. The second-order valence-corrected chi connectivity index (χ2v) is 5.50. The molecule has 0 radical (unpaired) electrons. The van der Waals surface area contributed by atoms with Gasteiger partial charge in [-0.1, -0.05) is 33.6 Å². The lowest BCUT2D eigenvalue weighted by molar-refractivity contribution is 0.476. The third-order valence-electron chi connectivity index (χ3n) is 2.53. The Bertz CT molecular complexity index is 584. The Morgan fingerprint density at radius 2 is 1.95 bits per heavy atom. The van der Waals surface area contributed by atoms with Crippen LogP contribution < -0.4 is 10.5 Å². The Morgan fingerprint density at radius 3 is 2.53 bits per heavy atom. The van der Waals surface area contributed by atoms with Crippen LogP contribution in [0.5, 0.6) is 11.5 Å². The molecule has 2 aromatic rings. The van der Waals surface area contributed by atoms with Crippen LogP contribution in [-0.2, 0) is 0 Å². The van der Waals surface area contributed by atoms with Gasteiger partial charge in [-0.25, -0.2) is 4.39 Å². The summed E-state index contributed by atoms with van der Waals surface area (Å²) in [4.78, 5) is 0. The first kappa shape index (κ1) is 14.3. The smallest absolute Gasteiger partial charge is 0.131 e. The van der Waals surface area contributed by atoms with Gasteiger partial charge in [-0.3, -0.25) is 0 Å². The van der Waals surface area contributed by atoms with Crippen molar-refractivity contribution in [1.29, 1.82) is 0 Å². The van der Waals surface area contributed by atoms with Crippen molar-refractivity contribution in [3.05, 3.63) is 57.3 Å². The van der Waals surface area contributed by atoms with Crippen molar-refractivity contribution in [2.45, 2.75) is 13.0 Å². The quantitative estimate of drug-likeness (QED) is 0.845. The molecule has 0 heterocycles. The normalized spacial score (nSPS) is 12.3. The topological polar surface area (TPSA) is 35.2 Å². The van der Waals surface area contributed by atoms with Crippen molar-refractivity contribution in [1.82, 2.24) is 0 Å². The summed E-state index contributed by atoms with van der Waals surface area (Å²) in [5.74, 6) is 0.561. The van der Waals surface area contributed by atoms with Crippen molar-refractivity contribution in [3.63, 3.8) is 0 Å². The number of hydrogen-bond donors (Lipinski definition) is 1. The van der Waals surface area contributed by atoms with Crippen LogP contribution in [-0.4, -0.2) is 0 Å². The van der Waals surface area contributed by atoms with Crippen molar-refractivity contribution < 1.29 is 9.13 Å². The molecule has 0 fully saturated rings. The van der Waals surface area contributed by atoms with E-state index in [9.17, 15) is 4.39 Å². The standard InChI is InChI=1S/C14H12BrClFNO/c1-8(18)13-3-2-11(7-14(13)16)19-12-5-9(15)4-10(17)6-12/h2-8H,18H2,1H3. The third-order valence-corrected chi connectivity index (χ3v) is 3.32. The van der Waals surface area contributed by atoms with E-state index < -0.39 is 0 Å². The van der Waals surface area contributed by atoms with Crippen LogP contribution in [0.15, 0.2) is 40.9 Å². The second kappa shape index (κ2) is 5.90. The zero-order valence-electron chi connectivity index (χ0n) is 10.2. The third kappa shape index (κ3) is 3.69. The fourth-order valence-corrected chi connectivity index (χ4v) is 2.45. The van der Waals surface area contributed by atoms with E-state index in [1.54, 1.807) is 24.3 Å². The first-order valence-electron chi connectivity index (χ1n) is 5.64. The summed E-state index contributed by atoms with van der Waals surface area (Å²) < 4.78 is 19.4. The molecule has 0 aliphatic heterocycles. The average molecular weight is 345 g/mol. The highest BCUT2D eigenvalue weighted by atomic mass is 79.9. The molecule has 1 unspecified atom stereocenters. The SMILES string of the molecule is CC(N)c1ccc(Oc2cc(F)cc(Br)c2)cc1Cl. The molecule has 0 saturated heterocycles. The van der Waals surface area contributed by atoms with Gasteiger partial charge in [0, 0.05) is 21.6 Å². The van der Waals surface area contributed by atoms with Crippen molar-refractivity contribution in [2.24, 2.45) is 5.73 Å². The average Bonchev–Trinajstić information content (AvgIpc) is 2.26. The van der Waals surface area contributed by atoms with Crippen LogP contribution in [0.25, 0.3) is 0 Å². The molecule has 2 nitrogen and oxygen atoms in total. The van der Waals surface area contributed by atoms with Gasteiger partial charge in [0.1, 0.15) is 17.3 Å². The van der Waals surface area contributed by atoms with Crippen LogP contribution in [0.4, 0.5) is 4.39 Å². The van der Waals surface area contributed by atoms with Gasteiger partial charge in [-0.05, 0) is 36.8 Å². The number of ether oxygens (including phenoxy) is 1. The summed E-state index contributed by atoms with van der Waals surface area (Å²) in [5, 5.41) is 0.531. The highest BCUT2D eigenvalue weighted by Gasteiger charge is 2.08. The zero-order valence-corrected chi connectivity index (χ0v) is 12.5. The minimum Gasteiger partial charge on any atom is -0.457 e. The van der Waals surface area contributed by atoms with Gasteiger partial charge in [0.2, 0.25) is 0 Å². The van der Waals surface area contributed by atoms with Crippen molar-refractivity contribution >= 4 is 27.5 Å². The number of nitrogens with two attached hydrogens (primary N) is 1. The van der Waals surface area contributed by atoms with Gasteiger partial charge in [0.05, 0.1) is 0 Å². The largest absolute Gasteiger partial charge is 0.457 e. The maximum Gasteiger partial charge on any atom is 0.131 e. The summed E-state index contributed by atoms with van der Waals surface area (Å²) in [6.45, 7) is 1.85. The van der Waals surface area contributed by atoms with Gasteiger partial charge in [0.25, 0.3) is 0 Å². The van der Waals surface area contributed by atoms with Crippen LogP contribution in [0.1, 0.15) is 18.5 Å². The van der Waals surface area contributed by atoms with Crippen LogP contribution >= 0.6 is 27.5 Å². The predicted molar refractivity (Wildman–Crippen MR) is 78.2 cm³/mol. The molecular weight excluding hydrogens is 333 g/mol. The summed E-state index contributed by atoms with van der Waals surface area (Å²) in [6, 6.07) is 9.41. The Labute approximate surface area is 124 Å². The number of benzene rings is 2. The van der Waals surface area contributed by atoms with Crippen LogP contribution in [0, 0.1) is 5.82 Å².